The van der Waals surface area contributed by atoms with E-state index in [1.165, 1.54) is 24.3 Å². The van der Waals surface area contributed by atoms with E-state index in [1.54, 1.807) is 0 Å². The van der Waals surface area contributed by atoms with Crippen LogP contribution in [0.4, 0.5) is 9.18 Å². The molecule has 160 valence electrons. The van der Waals surface area contributed by atoms with Crippen molar-refractivity contribution in [2.24, 2.45) is 5.73 Å². The van der Waals surface area contributed by atoms with Crippen LogP contribution in [0, 0.1) is 0 Å². The summed E-state index contributed by atoms with van der Waals surface area (Å²) in [6.45, 7) is -1.21. The Morgan fingerprint density at radius 3 is 2.25 bits per heavy atom. The van der Waals surface area contributed by atoms with Gasteiger partial charge in [-0.25, -0.2) is 17.6 Å². The van der Waals surface area contributed by atoms with E-state index in [2.05, 4.69) is 5.32 Å². The Morgan fingerprint density at radius 1 is 1.25 bits per heavy atom. The zero-order chi connectivity index (χ0) is 20.6. The first-order valence-corrected chi connectivity index (χ1v) is 10.3. The van der Waals surface area contributed by atoms with Crippen LogP contribution in [-0.4, -0.2) is 57.4 Å². The van der Waals surface area contributed by atoms with Crippen LogP contribution >= 0.6 is 35.6 Å². The molecule has 1 aromatic carbocycles. The number of carbonyl (C=O) groups is 2. The minimum Gasteiger partial charge on any atom is -0.433 e. The Balaban J connectivity index is 0.00000729. The summed E-state index contributed by atoms with van der Waals surface area (Å²) in [5.74, 6) is -0.891. The van der Waals surface area contributed by atoms with Crippen molar-refractivity contribution in [2.45, 2.75) is 21.9 Å². The summed E-state index contributed by atoms with van der Waals surface area (Å²) in [5, 5.41) is 2.22. The minimum absolute atomic E-state index is 0. The third-order valence-electron chi connectivity index (χ3n) is 3.26. The smallest absolute Gasteiger partial charge is 0.433 e. The van der Waals surface area contributed by atoms with Gasteiger partial charge in [0.05, 0.1) is 10.9 Å². The highest BCUT2D eigenvalue weighted by atomic mass is 35.5. The van der Waals surface area contributed by atoms with Gasteiger partial charge < -0.3 is 20.5 Å². The van der Waals surface area contributed by atoms with E-state index in [0.717, 1.165) is 6.26 Å². The molecule has 2 atom stereocenters. The monoisotopic (exact) mass is 480 g/mol. The number of benzene rings is 1. The molecule has 0 aliphatic carbocycles. The van der Waals surface area contributed by atoms with Gasteiger partial charge in [-0.15, -0.1) is 12.4 Å². The van der Waals surface area contributed by atoms with E-state index in [4.69, 9.17) is 38.4 Å². The fourth-order valence-electron chi connectivity index (χ4n) is 2.01. The first-order chi connectivity index (χ1) is 12.6. The van der Waals surface area contributed by atoms with Crippen molar-refractivity contribution in [1.82, 2.24) is 5.32 Å². The number of amides is 1. The number of carbonyl (C=O) groups excluding carboxylic acids is 2. The second-order valence-electron chi connectivity index (χ2n) is 5.34. The van der Waals surface area contributed by atoms with Crippen molar-refractivity contribution in [3.63, 3.8) is 0 Å². The predicted octanol–water partition coefficient (Wildman–Crippen LogP) is 1.92. The lowest BCUT2D eigenvalue weighted by molar-refractivity contribution is -0.121. The Labute approximate surface area is 178 Å². The lowest BCUT2D eigenvalue weighted by Gasteiger charge is -2.26. The van der Waals surface area contributed by atoms with Crippen LogP contribution in [0.15, 0.2) is 29.2 Å². The molecule has 0 aromatic heterocycles. The molecule has 1 aromatic rings. The number of alkyl halides is 3. The maximum atomic E-state index is 13.5. The molecule has 1 amide bonds. The fourth-order valence-corrected chi connectivity index (χ4v) is 2.76. The summed E-state index contributed by atoms with van der Waals surface area (Å²) in [6, 6.07) is 3.83. The highest BCUT2D eigenvalue weighted by Crippen LogP contribution is 2.25. The van der Waals surface area contributed by atoms with E-state index in [0.29, 0.717) is 0 Å². The van der Waals surface area contributed by atoms with Crippen molar-refractivity contribution < 1.29 is 31.9 Å². The first-order valence-electron chi connectivity index (χ1n) is 7.58. The van der Waals surface area contributed by atoms with Crippen LogP contribution in [0.5, 0.6) is 0 Å². The second kappa shape index (κ2) is 12.3. The molecule has 0 aliphatic rings. The van der Waals surface area contributed by atoms with Crippen LogP contribution in [0.25, 0.3) is 0 Å². The zero-order valence-corrected chi connectivity index (χ0v) is 17.8. The predicted molar refractivity (Wildman–Crippen MR) is 104 cm³/mol. The van der Waals surface area contributed by atoms with Crippen LogP contribution in [0.1, 0.15) is 11.7 Å². The van der Waals surface area contributed by atoms with E-state index in [9.17, 15) is 22.4 Å². The third-order valence-corrected chi connectivity index (χ3v) is 4.78. The Morgan fingerprint density at radius 2 is 1.82 bits per heavy atom. The number of nitrogens with two attached hydrogens (primary N) is 1. The SMILES string of the molecule is CS(=O)(=O)c1ccc(C(OC(=O)OCCN)C(CF)NC(=O)C(Cl)Cl)cc1.Cl. The van der Waals surface area contributed by atoms with Crippen molar-refractivity contribution in [2.75, 3.05) is 26.1 Å². The Kier molecular flexibility index (Phi) is 11.7. The topological polar surface area (TPSA) is 125 Å². The molecule has 13 heteroatoms. The number of nitrogens with one attached hydrogen (secondary N) is 1. The Bertz CT molecular complexity index is 749. The van der Waals surface area contributed by atoms with Gasteiger partial charge in [0, 0.05) is 12.8 Å². The van der Waals surface area contributed by atoms with E-state index in [-0.39, 0.29) is 36.0 Å². The van der Waals surface area contributed by atoms with Crippen molar-refractivity contribution in [3.05, 3.63) is 29.8 Å². The summed E-state index contributed by atoms with van der Waals surface area (Å²) in [4.78, 5) is 22.0. The maximum absolute atomic E-state index is 13.5. The van der Waals surface area contributed by atoms with Crippen LogP contribution < -0.4 is 11.1 Å². The fraction of sp³-hybridized carbons (Fsp3) is 0.467. The van der Waals surface area contributed by atoms with Crippen molar-refractivity contribution in [1.29, 1.82) is 0 Å². The number of hydrogen-bond acceptors (Lipinski definition) is 7. The van der Waals surface area contributed by atoms with Crippen LogP contribution in [-0.2, 0) is 24.1 Å². The first kappa shape index (κ1) is 26.7. The molecule has 1 rings (SSSR count). The molecule has 0 heterocycles. The van der Waals surface area contributed by atoms with Gasteiger partial charge in [-0.2, -0.15) is 0 Å². The van der Waals surface area contributed by atoms with Crippen molar-refractivity contribution >= 4 is 57.5 Å². The summed E-state index contributed by atoms with van der Waals surface area (Å²) in [5.41, 5.74) is 5.44. The lowest BCUT2D eigenvalue weighted by atomic mass is 10.0. The molecule has 0 spiro atoms. The molecule has 3 N–H and O–H groups in total. The minimum atomic E-state index is -3.46. The van der Waals surface area contributed by atoms with Gasteiger partial charge in [-0.3, -0.25) is 4.79 Å². The molecule has 28 heavy (non-hydrogen) atoms. The van der Waals surface area contributed by atoms with Crippen LogP contribution in [0.3, 0.4) is 0 Å². The molecule has 0 aliphatic heterocycles. The standard InChI is InChI=1S/C15H19Cl2FN2O6S.ClH/c1-27(23,24)10-4-2-9(3-5-10)12(26-15(22)25-7-6-19)11(8-18)20-14(21)13(16)17;/h2-5,11-13H,6-8,19H2,1H3,(H,20,21);1H. The van der Waals surface area contributed by atoms with Gasteiger partial charge in [0.1, 0.15) is 13.3 Å². The van der Waals surface area contributed by atoms with Gasteiger partial charge in [0.2, 0.25) is 0 Å². The zero-order valence-electron chi connectivity index (χ0n) is 14.6. The molecule has 8 nitrogen and oxygen atoms in total. The highest BCUT2D eigenvalue weighted by molar-refractivity contribution is 7.90. The number of sulfone groups is 1. The lowest BCUT2D eigenvalue weighted by Crippen LogP contribution is -2.44. The van der Waals surface area contributed by atoms with Gasteiger partial charge in [-0.1, -0.05) is 35.3 Å². The molecule has 0 bridgehead atoms. The highest BCUT2D eigenvalue weighted by Gasteiger charge is 2.31. The normalized spacial score (nSPS) is 13.2. The maximum Gasteiger partial charge on any atom is 0.509 e. The average molecular weight is 482 g/mol. The molecule has 0 fully saturated rings. The molecule has 0 saturated heterocycles. The van der Waals surface area contributed by atoms with Gasteiger partial charge >= 0.3 is 6.16 Å². The van der Waals surface area contributed by atoms with E-state index >= 15 is 0 Å². The number of halogens is 4. The largest absolute Gasteiger partial charge is 0.509 e. The van der Waals surface area contributed by atoms with Gasteiger partial charge in [0.25, 0.3) is 5.91 Å². The average Bonchev–Trinajstić information content (AvgIpc) is 2.61. The third kappa shape index (κ3) is 8.36. The number of rotatable bonds is 9. The van der Waals surface area contributed by atoms with E-state index in [1.807, 2.05) is 0 Å². The number of hydrogen-bond donors (Lipinski definition) is 2. The molecular formula is C15H20Cl3FN2O6S. The summed E-state index contributed by atoms with van der Waals surface area (Å²) >= 11 is 10.9. The molecule has 0 saturated carbocycles. The van der Waals surface area contributed by atoms with Gasteiger partial charge in [-0.05, 0) is 17.7 Å². The molecule has 2 unspecified atom stereocenters. The second-order valence-corrected chi connectivity index (χ2v) is 8.45. The molecule has 0 radical (unpaired) electrons. The summed E-state index contributed by atoms with van der Waals surface area (Å²) < 4.78 is 46.4. The number of ether oxygens (including phenoxy) is 2. The Hall–Kier alpha value is -1.33. The quantitative estimate of drug-likeness (QED) is 0.408. The molecular weight excluding hydrogens is 462 g/mol. The van der Waals surface area contributed by atoms with Gasteiger partial charge in [0.15, 0.2) is 20.8 Å². The van der Waals surface area contributed by atoms with E-state index < -0.39 is 45.6 Å². The summed E-state index contributed by atoms with van der Waals surface area (Å²) in [6.07, 6.45) is -1.45. The van der Waals surface area contributed by atoms with Crippen LogP contribution in [0.2, 0.25) is 0 Å². The van der Waals surface area contributed by atoms with Crippen molar-refractivity contribution in [3.8, 4) is 0 Å². The summed E-state index contributed by atoms with van der Waals surface area (Å²) in [7, 11) is -3.46.